The molecule has 1 aliphatic heterocycles. The quantitative estimate of drug-likeness (QED) is 0.610. The summed E-state index contributed by atoms with van der Waals surface area (Å²) >= 11 is 0. The van der Waals surface area contributed by atoms with E-state index in [4.69, 9.17) is 0 Å². The molecule has 0 saturated heterocycles. The Kier molecular flexibility index (Phi) is 2.23. The molecule has 0 spiro atoms. The molecule has 0 amide bonds. The molecular formula is C9H18N2. The third kappa shape index (κ3) is 2.93. The summed E-state index contributed by atoms with van der Waals surface area (Å²) in [5.74, 6) is 0. The SMILES string of the molecule is CN1C=CC(NC(C)(C)C)C1. The Hall–Kier alpha value is -0.500. The molecule has 1 unspecified atom stereocenters. The zero-order valence-corrected chi connectivity index (χ0v) is 7.89. The maximum Gasteiger partial charge on any atom is 0.0448 e. The Balaban J connectivity index is 2.36. The molecule has 0 aromatic rings. The predicted molar refractivity (Wildman–Crippen MR) is 48.4 cm³/mol. The van der Waals surface area contributed by atoms with E-state index in [0.717, 1.165) is 6.54 Å². The summed E-state index contributed by atoms with van der Waals surface area (Å²) < 4.78 is 0. The number of nitrogens with zero attached hydrogens (tertiary/aromatic N) is 1. The van der Waals surface area contributed by atoms with E-state index in [1.807, 2.05) is 0 Å². The standard InChI is InChI=1S/C9H18N2/c1-9(2,3)10-8-5-6-11(4)7-8/h5-6,8,10H,7H2,1-4H3. The molecule has 0 aromatic heterocycles. The van der Waals surface area contributed by atoms with Gasteiger partial charge in [-0.2, -0.15) is 0 Å². The number of nitrogens with one attached hydrogen (secondary N) is 1. The molecule has 0 radical (unpaired) electrons. The van der Waals surface area contributed by atoms with Crippen molar-refractivity contribution in [3.8, 4) is 0 Å². The molecular weight excluding hydrogens is 136 g/mol. The highest BCUT2D eigenvalue weighted by Gasteiger charge is 2.18. The van der Waals surface area contributed by atoms with Crippen molar-refractivity contribution in [2.75, 3.05) is 13.6 Å². The van der Waals surface area contributed by atoms with Gasteiger partial charge in [0, 0.05) is 25.2 Å². The Morgan fingerprint density at radius 2 is 2.09 bits per heavy atom. The van der Waals surface area contributed by atoms with Crippen LogP contribution in [0.4, 0.5) is 0 Å². The van der Waals surface area contributed by atoms with Gasteiger partial charge < -0.3 is 10.2 Å². The summed E-state index contributed by atoms with van der Waals surface area (Å²) in [6.45, 7) is 7.68. The van der Waals surface area contributed by atoms with Gasteiger partial charge in [-0.25, -0.2) is 0 Å². The molecule has 0 aliphatic carbocycles. The van der Waals surface area contributed by atoms with Gasteiger partial charge in [-0.05, 0) is 33.0 Å². The smallest absolute Gasteiger partial charge is 0.0448 e. The second-order valence-electron chi connectivity index (χ2n) is 4.28. The molecule has 2 nitrogen and oxygen atoms in total. The summed E-state index contributed by atoms with van der Waals surface area (Å²) in [6.07, 6.45) is 4.34. The molecule has 0 aromatic carbocycles. The van der Waals surface area contributed by atoms with Gasteiger partial charge in [0.25, 0.3) is 0 Å². The summed E-state index contributed by atoms with van der Waals surface area (Å²) in [5, 5.41) is 3.52. The number of hydrogen-bond acceptors (Lipinski definition) is 2. The molecule has 1 aliphatic rings. The first-order valence-corrected chi connectivity index (χ1v) is 4.14. The van der Waals surface area contributed by atoms with E-state index in [1.54, 1.807) is 0 Å². The second-order valence-corrected chi connectivity index (χ2v) is 4.28. The van der Waals surface area contributed by atoms with Crippen LogP contribution in [-0.4, -0.2) is 30.1 Å². The molecule has 1 atom stereocenters. The highest BCUT2D eigenvalue weighted by molar-refractivity contribution is 5.03. The molecule has 1 rings (SSSR count). The number of hydrogen-bond donors (Lipinski definition) is 1. The Bertz CT molecular complexity index is 155. The fraction of sp³-hybridized carbons (Fsp3) is 0.778. The van der Waals surface area contributed by atoms with Crippen LogP contribution in [0.5, 0.6) is 0 Å². The van der Waals surface area contributed by atoms with Gasteiger partial charge in [-0.1, -0.05) is 0 Å². The van der Waals surface area contributed by atoms with E-state index in [0.29, 0.717) is 6.04 Å². The largest absolute Gasteiger partial charge is 0.379 e. The van der Waals surface area contributed by atoms with Crippen molar-refractivity contribution in [2.45, 2.75) is 32.4 Å². The predicted octanol–water partition coefficient (Wildman–Crippen LogP) is 1.20. The van der Waals surface area contributed by atoms with Crippen molar-refractivity contribution in [3.63, 3.8) is 0 Å². The summed E-state index contributed by atoms with van der Waals surface area (Å²) in [4.78, 5) is 2.20. The molecule has 1 heterocycles. The van der Waals surface area contributed by atoms with Gasteiger partial charge in [0.05, 0.1) is 0 Å². The van der Waals surface area contributed by atoms with Crippen molar-refractivity contribution in [2.24, 2.45) is 0 Å². The van der Waals surface area contributed by atoms with Gasteiger partial charge in [0.1, 0.15) is 0 Å². The zero-order chi connectivity index (χ0) is 8.48. The third-order valence-electron chi connectivity index (χ3n) is 1.68. The minimum Gasteiger partial charge on any atom is -0.379 e. The maximum absolute atomic E-state index is 3.52. The Labute approximate surface area is 69.3 Å². The lowest BCUT2D eigenvalue weighted by Gasteiger charge is -2.25. The molecule has 1 N–H and O–H groups in total. The molecule has 0 fully saturated rings. The Morgan fingerprint density at radius 3 is 2.45 bits per heavy atom. The molecule has 2 heteroatoms. The third-order valence-corrected chi connectivity index (χ3v) is 1.68. The van der Waals surface area contributed by atoms with Crippen LogP contribution >= 0.6 is 0 Å². The van der Waals surface area contributed by atoms with Crippen LogP contribution in [0.15, 0.2) is 12.3 Å². The van der Waals surface area contributed by atoms with E-state index in [9.17, 15) is 0 Å². The van der Waals surface area contributed by atoms with Gasteiger partial charge in [-0.3, -0.25) is 0 Å². The monoisotopic (exact) mass is 154 g/mol. The van der Waals surface area contributed by atoms with E-state index in [2.05, 4.69) is 50.3 Å². The molecule has 11 heavy (non-hydrogen) atoms. The Morgan fingerprint density at radius 1 is 1.45 bits per heavy atom. The van der Waals surface area contributed by atoms with E-state index in [1.165, 1.54) is 0 Å². The first kappa shape index (κ1) is 8.60. The maximum atomic E-state index is 3.52. The van der Waals surface area contributed by atoms with Crippen LogP contribution in [0.1, 0.15) is 20.8 Å². The van der Waals surface area contributed by atoms with Crippen LogP contribution in [0.25, 0.3) is 0 Å². The van der Waals surface area contributed by atoms with Crippen molar-refractivity contribution in [1.29, 1.82) is 0 Å². The van der Waals surface area contributed by atoms with Crippen LogP contribution in [0, 0.1) is 0 Å². The minimum atomic E-state index is 0.222. The topological polar surface area (TPSA) is 15.3 Å². The van der Waals surface area contributed by atoms with Crippen LogP contribution in [-0.2, 0) is 0 Å². The van der Waals surface area contributed by atoms with E-state index in [-0.39, 0.29) is 5.54 Å². The summed E-state index contributed by atoms with van der Waals surface area (Å²) in [6, 6.07) is 0.528. The lowest BCUT2D eigenvalue weighted by Crippen LogP contribution is -2.44. The lowest BCUT2D eigenvalue weighted by molar-refractivity contribution is 0.356. The average molecular weight is 154 g/mol. The molecule has 0 bridgehead atoms. The average Bonchev–Trinajstić information content (AvgIpc) is 2.10. The van der Waals surface area contributed by atoms with Gasteiger partial charge in [0.15, 0.2) is 0 Å². The van der Waals surface area contributed by atoms with E-state index < -0.39 is 0 Å². The second kappa shape index (κ2) is 2.86. The summed E-state index contributed by atoms with van der Waals surface area (Å²) in [5.41, 5.74) is 0.222. The highest BCUT2D eigenvalue weighted by atomic mass is 15.1. The van der Waals surface area contributed by atoms with Crippen molar-refractivity contribution < 1.29 is 0 Å². The first-order chi connectivity index (χ1) is 4.97. The number of likely N-dealkylation sites (N-methyl/N-ethyl adjacent to an activating group) is 1. The van der Waals surface area contributed by atoms with E-state index >= 15 is 0 Å². The van der Waals surface area contributed by atoms with Crippen LogP contribution in [0.2, 0.25) is 0 Å². The van der Waals surface area contributed by atoms with Gasteiger partial charge in [-0.15, -0.1) is 0 Å². The van der Waals surface area contributed by atoms with Crippen molar-refractivity contribution in [3.05, 3.63) is 12.3 Å². The molecule has 64 valence electrons. The highest BCUT2D eigenvalue weighted by Crippen LogP contribution is 2.07. The summed E-state index contributed by atoms with van der Waals surface area (Å²) in [7, 11) is 2.10. The van der Waals surface area contributed by atoms with Crippen molar-refractivity contribution >= 4 is 0 Å². The van der Waals surface area contributed by atoms with Crippen LogP contribution in [0.3, 0.4) is 0 Å². The van der Waals surface area contributed by atoms with Crippen LogP contribution < -0.4 is 5.32 Å². The van der Waals surface area contributed by atoms with Gasteiger partial charge in [0.2, 0.25) is 0 Å². The normalized spacial score (nSPS) is 24.7. The van der Waals surface area contributed by atoms with Crippen molar-refractivity contribution in [1.82, 2.24) is 10.2 Å². The lowest BCUT2D eigenvalue weighted by atomic mass is 10.1. The number of rotatable bonds is 1. The minimum absolute atomic E-state index is 0.222. The fourth-order valence-corrected chi connectivity index (χ4v) is 1.33. The first-order valence-electron chi connectivity index (χ1n) is 4.14. The molecule has 0 saturated carbocycles. The van der Waals surface area contributed by atoms with Gasteiger partial charge >= 0.3 is 0 Å². The zero-order valence-electron chi connectivity index (χ0n) is 7.89. The fourth-order valence-electron chi connectivity index (χ4n) is 1.33.